The maximum Gasteiger partial charge on any atom is 0.244 e. The molecule has 0 radical (unpaired) electrons. The van der Waals surface area contributed by atoms with Crippen LogP contribution in [0.4, 0.5) is 0 Å². The molecule has 3 nitrogen and oxygen atoms in total. The Morgan fingerprint density at radius 2 is 1.96 bits per heavy atom. The van der Waals surface area contributed by atoms with Crippen LogP contribution in [0, 0.1) is 0 Å². The van der Waals surface area contributed by atoms with Gasteiger partial charge in [-0.05, 0) is 49.6 Å². The lowest BCUT2D eigenvalue weighted by atomic mass is 10.1. The summed E-state index contributed by atoms with van der Waals surface area (Å²) in [4.78, 5) is 11.8. The van der Waals surface area contributed by atoms with Crippen LogP contribution >= 0.6 is 0 Å². The number of carbonyl (C=O) groups is 1. The molecule has 1 saturated carbocycles. The highest BCUT2D eigenvalue weighted by Crippen LogP contribution is 2.29. The first-order valence-electron chi connectivity index (χ1n) is 8.26. The second-order valence-electron chi connectivity index (χ2n) is 6.15. The molecule has 1 fully saturated rings. The van der Waals surface area contributed by atoms with Gasteiger partial charge in [-0.1, -0.05) is 24.3 Å². The number of nitrogens with zero attached hydrogens (tertiary/aromatic N) is 1. The van der Waals surface area contributed by atoms with E-state index in [0.29, 0.717) is 6.04 Å². The summed E-state index contributed by atoms with van der Waals surface area (Å²) in [6.45, 7) is 3.12. The number of carbonyl (C=O) groups excluding carboxylic acids is 1. The molecule has 1 aromatic heterocycles. The molecule has 0 aliphatic heterocycles. The molecule has 0 bridgehead atoms. The van der Waals surface area contributed by atoms with Crippen molar-refractivity contribution in [3.05, 3.63) is 54.1 Å². The quantitative estimate of drug-likeness (QED) is 0.723. The van der Waals surface area contributed by atoms with E-state index in [-0.39, 0.29) is 5.91 Å². The van der Waals surface area contributed by atoms with E-state index in [1.54, 1.807) is 6.08 Å². The molecule has 23 heavy (non-hydrogen) atoms. The summed E-state index contributed by atoms with van der Waals surface area (Å²) in [5.41, 5.74) is 3.56. The minimum atomic E-state index is 0.00332. The van der Waals surface area contributed by atoms with Crippen LogP contribution in [0.15, 0.2) is 48.5 Å². The van der Waals surface area contributed by atoms with Crippen molar-refractivity contribution in [2.45, 2.75) is 32.4 Å². The fraction of sp³-hybridized carbons (Fsp3) is 0.250. The first kappa shape index (κ1) is 14.1. The molecule has 2 aromatic carbocycles. The van der Waals surface area contributed by atoms with Gasteiger partial charge >= 0.3 is 0 Å². The minimum Gasteiger partial charge on any atom is -0.350 e. The van der Waals surface area contributed by atoms with Gasteiger partial charge in [0.15, 0.2) is 0 Å². The van der Waals surface area contributed by atoms with Gasteiger partial charge in [-0.3, -0.25) is 4.79 Å². The van der Waals surface area contributed by atoms with E-state index in [1.165, 1.54) is 21.8 Å². The summed E-state index contributed by atoms with van der Waals surface area (Å²) in [5.74, 6) is 0.00332. The third kappa shape index (κ3) is 2.63. The monoisotopic (exact) mass is 304 g/mol. The molecule has 1 aliphatic carbocycles. The minimum absolute atomic E-state index is 0.00332. The molecule has 0 unspecified atom stereocenters. The smallest absolute Gasteiger partial charge is 0.244 e. The van der Waals surface area contributed by atoms with Crippen molar-refractivity contribution in [3.63, 3.8) is 0 Å². The van der Waals surface area contributed by atoms with Gasteiger partial charge in [0, 0.05) is 40.5 Å². The highest BCUT2D eigenvalue weighted by Gasteiger charge is 2.22. The number of nitrogens with one attached hydrogen (secondary N) is 1. The summed E-state index contributed by atoms with van der Waals surface area (Å²) in [5, 5.41) is 5.48. The van der Waals surface area contributed by atoms with E-state index in [4.69, 9.17) is 0 Å². The van der Waals surface area contributed by atoms with Gasteiger partial charge in [-0.25, -0.2) is 0 Å². The van der Waals surface area contributed by atoms with E-state index >= 15 is 0 Å². The van der Waals surface area contributed by atoms with E-state index in [9.17, 15) is 4.79 Å². The zero-order chi connectivity index (χ0) is 15.8. The number of para-hydroxylation sites is 1. The molecule has 4 rings (SSSR count). The fourth-order valence-corrected chi connectivity index (χ4v) is 3.16. The second kappa shape index (κ2) is 5.58. The Labute approximate surface area is 135 Å². The van der Waals surface area contributed by atoms with Crippen molar-refractivity contribution < 1.29 is 4.79 Å². The van der Waals surface area contributed by atoms with Crippen molar-refractivity contribution in [3.8, 4) is 0 Å². The molecule has 116 valence electrons. The van der Waals surface area contributed by atoms with Crippen molar-refractivity contribution in [2.24, 2.45) is 0 Å². The third-order valence-electron chi connectivity index (χ3n) is 4.46. The van der Waals surface area contributed by atoms with Crippen LogP contribution in [-0.2, 0) is 11.3 Å². The number of amides is 1. The average Bonchev–Trinajstić information content (AvgIpc) is 3.33. The van der Waals surface area contributed by atoms with E-state index < -0.39 is 0 Å². The molecule has 0 atom stereocenters. The molecular formula is C20H20N2O. The Morgan fingerprint density at radius 3 is 2.74 bits per heavy atom. The first-order valence-corrected chi connectivity index (χ1v) is 8.26. The first-order chi connectivity index (χ1) is 11.3. The number of aromatic nitrogens is 1. The van der Waals surface area contributed by atoms with E-state index in [1.807, 2.05) is 6.08 Å². The Hall–Kier alpha value is -2.55. The largest absolute Gasteiger partial charge is 0.350 e. The molecular weight excluding hydrogens is 284 g/mol. The number of hydrogen-bond donors (Lipinski definition) is 1. The summed E-state index contributed by atoms with van der Waals surface area (Å²) < 4.78 is 2.33. The van der Waals surface area contributed by atoms with Crippen molar-refractivity contribution in [1.29, 1.82) is 0 Å². The lowest BCUT2D eigenvalue weighted by Crippen LogP contribution is -2.22. The Morgan fingerprint density at radius 1 is 1.17 bits per heavy atom. The van der Waals surface area contributed by atoms with Crippen LogP contribution in [0.1, 0.15) is 25.3 Å². The van der Waals surface area contributed by atoms with Crippen molar-refractivity contribution in [2.75, 3.05) is 0 Å². The molecule has 1 N–H and O–H groups in total. The lowest BCUT2D eigenvalue weighted by Gasteiger charge is -2.02. The van der Waals surface area contributed by atoms with Gasteiger partial charge in [0.05, 0.1) is 0 Å². The third-order valence-corrected chi connectivity index (χ3v) is 4.46. The van der Waals surface area contributed by atoms with E-state index in [0.717, 1.165) is 24.9 Å². The van der Waals surface area contributed by atoms with Crippen LogP contribution in [0.2, 0.25) is 0 Å². The molecule has 0 saturated heterocycles. The normalized spacial score (nSPS) is 14.8. The molecule has 0 spiro atoms. The number of aryl methyl sites for hydroxylation is 1. The number of benzene rings is 2. The molecule has 1 heterocycles. The van der Waals surface area contributed by atoms with Crippen molar-refractivity contribution in [1.82, 2.24) is 9.88 Å². The highest BCUT2D eigenvalue weighted by molar-refractivity contribution is 6.08. The van der Waals surface area contributed by atoms with Crippen LogP contribution < -0.4 is 5.32 Å². The topological polar surface area (TPSA) is 34.0 Å². The lowest BCUT2D eigenvalue weighted by molar-refractivity contribution is -0.116. The molecule has 1 amide bonds. The van der Waals surface area contributed by atoms with E-state index in [2.05, 4.69) is 59.3 Å². The van der Waals surface area contributed by atoms with Gasteiger partial charge in [0.2, 0.25) is 5.91 Å². The Kier molecular flexibility index (Phi) is 3.41. The van der Waals surface area contributed by atoms with Crippen LogP contribution in [0.3, 0.4) is 0 Å². The van der Waals surface area contributed by atoms with Crippen molar-refractivity contribution >= 4 is 33.8 Å². The summed E-state index contributed by atoms with van der Waals surface area (Å²) in [7, 11) is 0. The van der Waals surface area contributed by atoms with Crippen LogP contribution in [0.5, 0.6) is 0 Å². The molecule has 1 aliphatic rings. The van der Waals surface area contributed by atoms with Crippen LogP contribution in [0.25, 0.3) is 27.9 Å². The SMILES string of the molecule is CCn1c2ccccc2c2cc(/C=C/C(=O)NC3CC3)ccc21. The summed E-state index contributed by atoms with van der Waals surface area (Å²) >= 11 is 0. The standard InChI is InChI=1S/C20H20N2O/c1-2-22-18-6-4-3-5-16(18)17-13-14(7-11-19(17)22)8-12-20(23)21-15-9-10-15/h3-8,11-13,15H,2,9-10H2,1H3,(H,21,23)/b12-8+. The average molecular weight is 304 g/mol. The van der Waals surface area contributed by atoms with Gasteiger partial charge in [-0.2, -0.15) is 0 Å². The number of fused-ring (bicyclic) bond motifs is 3. The Balaban J connectivity index is 1.73. The highest BCUT2D eigenvalue weighted by atomic mass is 16.1. The van der Waals surface area contributed by atoms with Gasteiger partial charge in [0.25, 0.3) is 0 Å². The fourth-order valence-electron chi connectivity index (χ4n) is 3.16. The second-order valence-corrected chi connectivity index (χ2v) is 6.15. The number of hydrogen-bond acceptors (Lipinski definition) is 1. The Bertz CT molecular complexity index is 916. The van der Waals surface area contributed by atoms with Gasteiger partial charge in [-0.15, -0.1) is 0 Å². The van der Waals surface area contributed by atoms with Gasteiger partial charge < -0.3 is 9.88 Å². The molecule has 3 heteroatoms. The van der Waals surface area contributed by atoms with Crippen LogP contribution in [-0.4, -0.2) is 16.5 Å². The maximum absolute atomic E-state index is 11.8. The molecule has 3 aromatic rings. The predicted octanol–water partition coefficient (Wildman–Crippen LogP) is 4.11. The zero-order valence-electron chi connectivity index (χ0n) is 13.3. The zero-order valence-corrected chi connectivity index (χ0v) is 13.3. The maximum atomic E-state index is 11.8. The number of rotatable bonds is 4. The summed E-state index contributed by atoms with van der Waals surface area (Å²) in [6.07, 6.45) is 5.76. The summed E-state index contributed by atoms with van der Waals surface area (Å²) in [6, 6.07) is 15.3. The predicted molar refractivity (Wildman–Crippen MR) is 95.3 cm³/mol. The van der Waals surface area contributed by atoms with Gasteiger partial charge in [0.1, 0.15) is 0 Å².